The molecular formula is C9H18OP+. The third-order valence-electron chi connectivity index (χ3n) is 2.43. The molecule has 11 heavy (non-hydrogen) atoms. The Bertz CT molecular complexity index is 128. The van der Waals surface area contributed by atoms with E-state index in [4.69, 9.17) is 0 Å². The fourth-order valence-corrected chi connectivity index (χ4v) is 3.52. The fraction of sp³-hybridized carbons (Fsp3) is 1.00. The molecule has 1 aliphatic carbocycles. The molecule has 0 radical (unpaired) electrons. The second kappa shape index (κ2) is 4.87. The molecule has 0 amide bonds. The van der Waals surface area contributed by atoms with Crippen LogP contribution >= 0.6 is 7.80 Å². The maximum absolute atomic E-state index is 11.5. The molecule has 1 nitrogen and oxygen atoms in total. The Morgan fingerprint density at radius 2 is 1.91 bits per heavy atom. The van der Waals surface area contributed by atoms with Gasteiger partial charge in [0.25, 0.3) is 0 Å². The van der Waals surface area contributed by atoms with Crippen LogP contribution in [0, 0.1) is 0 Å². The van der Waals surface area contributed by atoms with Gasteiger partial charge in [-0.05, 0) is 32.1 Å². The van der Waals surface area contributed by atoms with Crippen LogP contribution in [-0.4, -0.2) is 11.8 Å². The molecule has 0 heterocycles. The van der Waals surface area contributed by atoms with Crippen molar-refractivity contribution >= 4 is 7.80 Å². The van der Waals surface area contributed by atoms with Gasteiger partial charge in [-0.1, -0.05) is 17.9 Å². The van der Waals surface area contributed by atoms with Crippen molar-refractivity contribution < 1.29 is 4.57 Å². The van der Waals surface area contributed by atoms with Crippen molar-refractivity contribution in [3.05, 3.63) is 0 Å². The molecule has 64 valence electrons. The second-order valence-electron chi connectivity index (χ2n) is 3.43. The monoisotopic (exact) mass is 173 g/mol. The summed E-state index contributed by atoms with van der Waals surface area (Å²) < 4.78 is 11.5. The largest absolute Gasteiger partial charge is 0.341 e. The van der Waals surface area contributed by atoms with Crippen LogP contribution in [0.3, 0.4) is 0 Å². The van der Waals surface area contributed by atoms with E-state index in [1.807, 2.05) is 0 Å². The van der Waals surface area contributed by atoms with Gasteiger partial charge in [-0.3, -0.25) is 0 Å². The highest BCUT2D eigenvalue weighted by atomic mass is 31.1. The van der Waals surface area contributed by atoms with Gasteiger partial charge in [0.05, 0.1) is 0 Å². The lowest BCUT2D eigenvalue weighted by atomic mass is 10.0. The van der Waals surface area contributed by atoms with Crippen LogP contribution in [0.1, 0.15) is 45.4 Å². The Hall–Kier alpha value is 0.100. The second-order valence-corrected chi connectivity index (χ2v) is 5.44. The average molecular weight is 173 g/mol. The molecule has 0 aromatic heterocycles. The lowest BCUT2D eigenvalue weighted by molar-refractivity contribution is 0.490. The maximum Gasteiger partial charge on any atom is 0.341 e. The van der Waals surface area contributed by atoms with E-state index in [0.29, 0.717) is 5.66 Å². The summed E-state index contributed by atoms with van der Waals surface area (Å²) in [5, 5.41) is 0. The highest BCUT2D eigenvalue weighted by molar-refractivity contribution is 7.45. The van der Waals surface area contributed by atoms with E-state index >= 15 is 0 Å². The van der Waals surface area contributed by atoms with Gasteiger partial charge in [-0.25, -0.2) is 0 Å². The standard InChI is InChI=1S/C9H18OP/c1-2-8-11(10)9-6-4-3-5-7-9/h9H,2-8H2,1H3/q+1. The molecule has 1 saturated carbocycles. The molecule has 0 spiro atoms. The summed E-state index contributed by atoms with van der Waals surface area (Å²) in [6.45, 7) is 2.12. The van der Waals surface area contributed by atoms with Crippen LogP contribution in [0.5, 0.6) is 0 Å². The van der Waals surface area contributed by atoms with E-state index in [-0.39, 0.29) is 0 Å². The van der Waals surface area contributed by atoms with Gasteiger partial charge >= 0.3 is 7.80 Å². The zero-order chi connectivity index (χ0) is 8.10. The minimum atomic E-state index is -0.849. The Morgan fingerprint density at radius 3 is 2.45 bits per heavy atom. The number of hydrogen-bond donors (Lipinski definition) is 0. The topological polar surface area (TPSA) is 17.1 Å². The Balaban J connectivity index is 2.27. The van der Waals surface area contributed by atoms with Crippen molar-refractivity contribution in [1.29, 1.82) is 0 Å². The summed E-state index contributed by atoms with van der Waals surface area (Å²) in [6, 6.07) is 0. The maximum atomic E-state index is 11.5. The van der Waals surface area contributed by atoms with Gasteiger partial charge in [0.2, 0.25) is 0 Å². The molecule has 0 aromatic carbocycles. The SMILES string of the molecule is CCC[P+](=O)C1CCCCC1. The van der Waals surface area contributed by atoms with Gasteiger partial charge in [0.1, 0.15) is 6.16 Å². The first-order chi connectivity index (χ1) is 5.34. The molecule has 0 bridgehead atoms. The quantitative estimate of drug-likeness (QED) is 0.596. The highest BCUT2D eigenvalue weighted by Crippen LogP contribution is 2.38. The summed E-state index contributed by atoms with van der Waals surface area (Å²) in [5.41, 5.74) is 0.582. The predicted molar refractivity (Wildman–Crippen MR) is 49.6 cm³/mol. The van der Waals surface area contributed by atoms with Crippen molar-refractivity contribution in [3.8, 4) is 0 Å². The van der Waals surface area contributed by atoms with E-state index in [2.05, 4.69) is 6.92 Å². The van der Waals surface area contributed by atoms with Crippen LogP contribution < -0.4 is 0 Å². The molecule has 0 aromatic rings. The lowest BCUT2D eigenvalue weighted by Gasteiger charge is -2.12. The Labute approximate surface area is 70.4 Å². The van der Waals surface area contributed by atoms with Crippen LogP contribution in [0.15, 0.2) is 0 Å². The first-order valence-corrected chi connectivity index (χ1v) is 6.29. The van der Waals surface area contributed by atoms with Crippen LogP contribution in [0.25, 0.3) is 0 Å². The molecule has 1 unspecified atom stereocenters. The van der Waals surface area contributed by atoms with Gasteiger partial charge in [-0.2, -0.15) is 0 Å². The first-order valence-electron chi connectivity index (χ1n) is 4.78. The van der Waals surface area contributed by atoms with Crippen LogP contribution in [0.4, 0.5) is 0 Å². The Kier molecular flexibility index (Phi) is 4.07. The summed E-state index contributed by atoms with van der Waals surface area (Å²) in [7, 11) is -0.849. The average Bonchev–Trinajstić information content (AvgIpc) is 2.07. The third kappa shape index (κ3) is 2.91. The minimum absolute atomic E-state index is 0.582. The van der Waals surface area contributed by atoms with E-state index < -0.39 is 7.80 Å². The summed E-state index contributed by atoms with van der Waals surface area (Å²) in [6.07, 6.45) is 8.51. The van der Waals surface area contributed by atoms with E-state index in [1.165, 1.54) is 32.1 Å². The van der Waals surface area contributed by atoms with Gasteiger partial charge in [0.15, 0.2) is 5.66 Å². The smallest absolute Gasteiger partial charge is 0.0745 e. The Morgan fingerprint density at radius 1 is 1.27 bits per heavy atom. The predicted octanol–water partition coefficient (Wildman–Crippen LogP) is 3.56. The molecule has 2 heteroatoms. The van der Waals surface area contributed by atoms with Crippen molar-refractivity contribution in [2.24, 2.45) is 0 Å². The zero-order valence-corrected chi connectivity index (χ0v) is 8.28. The van der Waals surface area contributed by atoms with Crippen molar-refractivity contribution in [1.82, 2.24) is 0 Å². The van der Waals surface area contributed by atoms with E-state index in [9.17, 15) is 4.57 Å². The minimum Gasteiger partial charge on any atom is -0.0745 e. The third-order valence-corrected chi connectivity index (χ3v) is 4.64. The first kappa shape index (κ1) is 9.19. The van der Waals surface area contributed by atoms with Crippen molar-refractivity contribution in [2.75, 3.05) is 6.16 Å². The number of hydrogen-bond acceptors (Lipinski definition) is 1. The summed E-state index contributed by atoms with van der Waals surface area (Å²) in [5.74, 6) is 0. The van der Waals surface area contributed by atoms with Crippen molar-refractivity contribution in [3.63, 3.8) is 0 Å². The zero-order valence-electron chi connectivity index (χ0n) is 7.38. The van der Waals surface area contributed by atoms with Gasteiger partial charge in [0, 0.05) is 0 Å². The van der Waals surface area contributed by atoms with Crippen LogP contribution in [-0.2, 0) is 4.57 Å². The highest BCUT2D eigenvalue weighted by Gasteiger charge is 2.29. The van der Waals surface area contributed by atoms with E-state index in [0.717, 1.165) is 12.6 Å². The molecule has 1 rings (SSSR count). The molecule has 0 aliphatic heterocycles. The summed E-state index contributed by atoms with van der Waals surface area (Å²) in [4.78, 5) is 0. The molecular weight excluding hydrogens is 155 g/mol. The van der Waals surface area contributed by atoms with E-state index in [1.54, 1.807) is 0 Å². The van der Waals surface area contributed by atoms with Crippen molar-refractivity contribution in [2.45, 2.75) is 51.1 Å². The van der Waals surface area contributed by atoms with Gasteiger partial charge in [-0.15, -0.1) is 0 Å². The molecule has 0 saturated heterocycles. The summed E-state index contributed by atoms with van der Waals surface area (Å²) >= 11 is 0. The lowest BCUT2D eigenvalue weighted by Crippen LogP contribution is -2.08. The molecule has 1 aliphatic rings. The molecule has 1 atom stereocenters. The van der Waals surface area contributed by atoms with Crippen LogP contribution in [0.2, 0.25) is 0 Å². The molecule has 0 N–H and O–H groups in total. The normalized spacial score (nSPS) is 21.7. The molecule has 1 fully saturated rings. The van der Waals surface area contributed by atoms with Gasteiger partial charge < -0.3 is 0 Å². The number of rotatable bonds is 3. The fourth-order valence-electron chi connectivity index (χ4n) is 1.77.